The van der Waals surface area contributed by atoms with Gasteiger partial charge in [-0.3, -0.25) is 19.1 Å². The second-order valence-corrected chi connectivity index (χ2v) is 17.6. The first-order valence-electron chi connectivity index (χ1n) is 18.7. The molecule has 20 heteroatoms. The molecule has 0 saturated carbocycles. The molecular weight excluding hydrogens is 809 g/mol. The van der Waals surface area contributed by atoms with Crippen molar-refractivity contribution < 1.29 is 27.4 Å². The van der Waals surface area contributed by atoms with Crippen LogP contribution in [0.2, 0.25) is 10.3 Å². The summed E-state index contributed by atoms with van der Waals surface area (Å²) in [4.78, 5) is 44.6. The van der Waals surface area contributed by atoms with Gasteiger partial charge in [-0.2, -0.15) is 9.97 Å². The minimum Gasteiger partial charge on any atom is -0.496 e. The topological polar surface area (TPSA) is 210 Å². The van der Waals surface area contributed by atoms with Crippen LogP contribution in [-0.4, -0.2) is 116 Å². The highest BCUT2D eigenvalue weighted by molar-refractivity contribution is 7.95. The highest BCUT2D eigenvalue weighted by Gasteiger charge is 2.37. The van der Waals surface area contributed by atoms with Gasteiger partial charge in [0.15, 0.2) is 9.80 Å². The zero-order valence-corrected chi connectivity index (χ0v) is 35.6. The van der Waals surface area contributed by atoms with Gasteiger partial charge in [-0.25, -0.2) is 19.0 Å². The van der Waals surface area contributed by atoms with E-state index in [0.717, 1.165) is 63.1 Å². The number of nitrogens with two attached hydrogens (primary N) is 2. The summed E-state index contributed by atoms with van der Waals surface area (Å²) in [5.74, 6) is 2.58. The predicted octanol–water partition coefficient (Wildman–Crippen LogP) is 3.67. The van der Waals surface area contributed by atoms with Gasteiger partial charge in [0, 0.05) is 96.6 Å². The quantitative estimate of drug-likeness (QED) is 0.145. The number of anilines is 4. The monoisotopic (exact) mass is 855 g/mol. The van der Waals surface area contributed by atoms with Gasteiger partial charge in [-0.15, -0.1) is 0 Å². The molecule has 3 aliphatic heterocycles. The Morgan fingerprint density at radius 2 is 1.40 bits per heavy atom. The number of aromatic nitrogens is 6. The lowest BCUT2D eigenvalue weighted by Crippen LogP contribution is -2.46. The molecule has 0 radical (unpaired) electrons. The molecule has 4 atom stereocenters. The fourth-order valence-electron chi connectivity index (χ4n) is 8.03. The molecule has 4 unspecified atom stereocenters. The van der Waals surface area contributed by atoms with E-state index in [9.17, 15) is 9.00 Å². The van der Waals surface area contributed by atoms with Crippen LogP contribution >= 0.6 is 23.2 Å². The van der Waals surface area contributed by atoms with Crippen molar-refractivity contribution in [2.45, 2.75) is 58.7 Å². The number of pyridine rings is 2. The molecule has 1 saturated heterocycles. The molecule has 0 aliphatic carbocycles. The molecule has 4 aromatic rings. The molecule has 310 valence electrons. The fourth-order valence-corrected chi connectivity index (χ4v) is 9.15. The third kappa shape index (κ3) is 8.59. The van der Waals surface area contributed by atoms with Gasteiger partial charge in [0.25, 0.3) is 0 Å². The predicted molar refractivity (Wildman–Crippen MR) is 222 cm³/mol. The van der Waals surface area contributed by atoms with E-state index in [-0.39, 0.29) is 41.6 Å². The van der Waals surface area contributed by atoms with Crippen LogP contribution in [0.25, 0.3) is 0 Å². The maximum Gasteiger partial charge on any atom is 0.223 e. The number of carbonyl (C=O) groups excluding carboxylic acids is 1. The van der Waals surface area contributed by atoms with Crippen molar-refractivity contribution in [1.29, 1.82) is 0 Å². The number of morpholine rings is 1. The summed E-state index contributed by atoms with van der Waals surface area (Å²) in [6.07, 6.45) is 4.61. The summed E-state index contributed by atoms with van der Waals surface area (Å²) in [6.45, 7) is 12.8. The number of rotatable bonds is 13. The van der Waals surface area contributed by atoms with Gasteiger partial charge in [-0.05, 0) is 27.7 Å². The van der Waals surface area contributed by atoms with E-state index >= 15 is 0 Å². The van der Waals surface area contributed by atoms with Crippen molar-refractivity contribution in [3.05, 3.63) is 67.5 Å². The van der Waals surface area contributed by atoms with Gasteiger partial charge < -0.3 is 35.5 Å². The van der Waals surface area contributed by atoms with Crippen molar-refractivity contribution in [2.24, 2.45) is 0 Å². The van der Waals surface area contributed by atoms with E-state index < -0.39 is 9.80 Å². The molecule has 17 nitrogen and oxygen atoms in total. The largest absolute Gasteiger partial charge is 0.496 e. The number of nitrogen functional groups attached to an aromatic ring is 2. The minimum absolute atomic E-state index is 0.0150. The van der Waals surface area contributed by atoms with Crippen LogP contribution in [0.4, 0.5) is 23.5 Å². The number of ether oxygens (including phenoxy) is 3. The smallest absolute Gasteiger partial charge is 0.223 e. The number of hydrogen-bond acceptors (Lipinski definition) is 17. The van der Waals surface area contributed by atoms with E-state index in [0.29, 0.717) is 69.0 Å². The molecule has 58 heavy (non-hydrogen) atoms. The Morgan fingerprint density at radius 3 is 1.98 bits per heavy atom. The number of hydrogen-bond donors (Lipinski definition) is 2. The summed E-state index contributed by atoms with van der Waals surface area (Å²) < 4.78 is 36.1. The van der Waals surface area contributed by atoms with Crippen LogP contribution in [0.5, 0.6) is 11.5 Å². The highest BCUT2D eigenvalue weighted by atomic mass is 35.5. The molecule has 7 rings (SSSR count). The number of aryl methyl sites for hydroxylation is 2. The summed E-state index contributed by atoms with van der Waals surface area (Å²) in [5, 5.41) is 1.99. The lowest BCUT2D eigenvalue weighted by molar-refractivity contribution is -0.0492. The van der Waals surface area contributed by atoms with Crippen LogP contribution in [-0.2, 0) is 36.6 Å². The van der Waals surface area contributed by atoms with Gasteiger partial charge in [-0.1, -0.05) is 23.2 Å². The van der Waals surface area contributed by atoms with Gasteiger partial charge >= 0.3 is 0 Å². The van der Waals surface area contributed by atoms with Crippen molar-refractivity contribution in [3.8, 4) is 11.5 Å². The second-order valence-electron chi connectivity index (χ2n) is 15.0. The molecule has 0 aromatic carbocycles. The Morgan fingerprint density at radius 1 is 0.845 bits per heavy atom. The molecular formula is C38H47Cl2N11O6S. The molecule has 0 spiro atoms. The molecule has 7 heterocycles. The number of fused-ring (bicyclic) bond motifs is 2. The SMILES string of the molecule is COc1c(C)cnc(CN2CC(CN3CCOC(COc4c(C)cnc(CN5CC(COS(C)(=O)=C=O)c6c(Cl)nc(N)nc65)c4C)C3)c3c(Cl)nc(N)nc32)c1C. The lowest BCUT2D eigenvalue weighted by atomic mass is 10.0. The first-order chi connectivity index (χ1) is 27.7. The summed E-state index contributed by atoms with van der Waals surface area (Å²) in [5.41, 5.74) is 18.9. The van der Waals surface area contributed by atoms with E-state index in [1.807, 2.05) is 38.8 Å². The van der Waals surface area contributed by atoms with E-state index in [4.69, 9.17) is 63.0 Å². The van der Waals surface area contributed by atoms with Crippen molar-refractivity contribution in [3.63, 3.8) is 0 Å². The zero-order valence-electron chi connectivity index (χ0n) is 33.3. The fraction of sp³-hybridized carbons (Fsp3) is 0.500. The first kappa shape index (κ1) is 41.6. The Kier molecular flexibility index (Phi) is 12.2. The first-order valence-corrected chi connectivity index (χ1v) is 21.4. The van der Waals surface area contributed by atoms with E-state index in [2.05, 4.69) is 29.7 Å². The number of methoxy groups -OCH3 is 1. The normalized spacial score (nSPS) is 20.1. The Labute approximate surface area is 347 Å². The number of halogens is 2. The summed E-state index contributed by atoms with van der Waals surface area (Å²) >= 11 is 13.3. The third-order valence-electron chi connectivity index (χ3n) is 10.8. The van der Waals surface area contributed by atoms with Gasteiger partial charge in [0.1, 0.15) is 46.2 Å². The van der Waals surface area contributed by atoms with Gasteiger partial charge in [0.05, 0.1) is 44.8 Å². The zero-order chi connectivity index (χ0) is 41.5. The van der Waals surface area contributed by atoms with Crippen LogP contribution < -0.4 is 30.7 Å². The Hall–Kier alpha value is -4.55. The average molecular weight is 857 g/mol. The van der Waals surface area contributed by atoms with Crippen LogP contribution in [0.1, 0.15) is 56.6 Å². The molecule has 4 N–H and O–H groups in total. The molecule has 3 aliphatic rings. The van der Waals surface area contributed by atoms with Gasteiger partial charge in [0.2, 0.25) is 17.1 Å². The third-order valence-corrected chi connectivity index (χ3v) is 12.3. The van der Waals surface area contributed by atoms with Crippen molar-refractivity contribution in [1.82, 2.24) is 34.8 Å². The molecule has 1 fully saturated rings. The Bertz CT molecular complexity index is 2380. The van der Waals surface area contributed by atoms with Crippen LogP contribution in [0.15, 0.2) is 12.4 Å². The Balaban J connectivity index is 1.02. The summed E-state index contributed by atoms with van der Waals surface area (Å²) in [7, 11) is -1.56. The van der Waals surface area contributed by atoms with Crippen LogP contribution in [0, 0.1) is 27.7 Å². The molecule has 0 amide bonds. The number of nitrogens with zero attached hydrogens (tertiary/aromatic N) is 9. The maximum atomic E-state index is 12.3. The average Bonchev–Trinajstić information content (AvgIpc) is 3.70. The van der Waals surface area contributed by atoms with E-state index in [1.165, 1.54) is 11.5 Å². The minimum atomic E-state index is -3.23. The second kappa shape index (κ2) is 17.0. The van der Waals surface area contributed by atoms with Crippen LogP contribution in [0.3, 0.4) is 0 Å². The standard InChI is InChI=1S/C38H47Cl2N11O6S/c1-20-9-43-27(22(3)31(20)54-5)15-50-12-24(29-33(39)45-37(41)47-35(29)50)11-49-7-8-55-26(14-49)18-56-32-21(2)10-44-28(23(32)4)16-51-13-25(17-57-58(6,53)19-52)30-34(40)46-38(42)48-36(30)51/h9-10,24-26H,7-8,11-18H2,1-6H3,(H2,41,45,47)(H2,42,46,48). The van der Waals surface area contributed by atoms with Crippen molar-refractivity contribution >= 4 is 61.8 Å². The molecule has 4 aromatic heterocycles. The highest BCUT2D eigenvalue weighted by Crippen LogP contribution is 2.42. The maximum absolute atomic E-state index is 12.3. The van der Waals surface area contributed by atoms with E-state index in [1.54, 1.807) is 13.3 Å². The van der Waals surface area contributed by atoms with Crippen molar-refractivity contribution in [2.75, 3.05) is 87.2 Å². The summed E-state index contributed by atoms with van der Waals surface area (Å²) in [6, 6.07) is 0. The molecule has 0 bridgehead atoms. The lowest BCUT2D eigenvalue weighted by Gasteiger charge is -2.34.